The summed E-state index contributed by atoms with van der Waals surface area (Å²) in [5.41, 5.74) is -0.156. The first-order chi connectivity index (χ1) is 11.7. The van der Waals surface area contributed by atoms with E-state index in [1.807, 2.05) is 36.4 Å². The number of carbonyl (C=O) groups is 2. The lowest BCUT2D eigenvalue weighted by atomic mass is 9.70. The molecule has 24 heavy (non-hydrogen) atoms. The van der Waals surface area contributed by atoms with E-state index in [1.54, 1.807) is 24.3 Å². The van der Waals surface area contributed by atoms with Crippen molar-refractivity contribution < 1.29 is 9.59 Å². The van der Waals surface area contributed by atoms with Crippen LogP contribution in [0.5, 0.6) is 0 Å². The summed E-state index contributed by atoms with van der Waals surface area (Å²) in [7, 11) is 0. The molecule has 0 aromatic heterocycles. The smallest absolute Gasteiger partial charge is 0.188 e. The van der Waals surface area contributed by atoms with Gasteiger partial charge in [0.15, 0.2) is 17.0 Å². The first-order valence-corrected chi connectivity index (χ1v) is 8.44. The third-order valence-electron chi connectivity index (χ3n) is 4.50. The molecule has 0 bridgehead atoms. The highest BCUT2D eigenvalue weighted by atomic mass is 16.2. The van der Waals surface area contributed by atoms with Crippen LogP contribution in [0, 0.1) is 17.3 Å². The Morgan fingerprint density at radius 3 is 1.83 bits per heavy atom. The van der Waals surface area contributed by atoms with Gasteiger partial charge in [-0.25, -0.2) is 0 Å². The van der Waals surface area contributed by atoms with Gasteiger partial charge in [-0.3, -0.25) is 9.59 Å². The molecule has 1 aliphatic carbocycles. The standard InChI is InChI=1S/C22H20O2/c23-20(18-12-6-4-7-13-18)22(16-10-2-1-3-11-17-22)21(24)19-14-8-5-9-15-19/h4-9,12-15H,1-3,10,16H2. The quantitative estimate of drug-likeness (QED) is 0.465. The number of benzene rings is 2. The minimum atomic E-state index is -1.26. The number of hydrogen-bond acceptors (Lipinski definition) is 2. The zero-order valence-electron chi connectivity index (χ0n) is 13.6. The van der Waals surface area contributed by atoms with Gasteiger partial charge < -0.3 is 0 Å². The zero-order valence-corrected chi connectivity index (χ0v) is 13.6. The average Bonchev–Trinajstić information content (AvgIpc) is 2.62. The van der Waals surface area contributed by atoms with Crippen LogP contribution in [0.1, 0.15) is 52.8 Å². The summed E-state index contributed by atoms with van der Waals surface area (Å²) in [6.45, 7) is 0. The van der Waals surface area contributed by atoms with E-state index in [0.29, 0.717) is 17.5 Å². The third kappa shape index (κ3) is 3.16. The van der Waals surface area contributed by atoms with E-state index >= 15 is 0 Å². The molecular weight excluding hydrogens is 296 g/mol. The lowest BCUT2D eigenvalue weighted by molar-refractivity contribution is 0.0721. The van der Waals surface area contributed by atoms with Crippen molar-refractivity contribution in [1.82, 2.24) is 0 Å². The van der Waals surface area contributed by atoms with Crippen molar-refractivity contribution in [3.05, 3.63) is 71.8 Å². The van der Waals surface area contributed by atoms with Crippen LogP contribution in [-0.4, -0.2) is 11.6 Å². The molecule has 3 rings (SSSR count). The van der Waals surface area contributed by atoms with Gasteiger partial charge in [0.25, 0.3) is 0 Å². The second kappa shape index (κ2) is 7.27. The monoisotopic (exact) mass is 316 g/mol. The van der Waals surface area contributed by atoms with Crippen LogP contribution in [0.15, 0.2) is 60.7 Å². The fourth-order valence-electron chi connectivity index (χ4n) is 3.17. The van der Waals surface area contributed by atoms with Crippen molar-refractivity contribution in [1.29, 1.82) is 0 Å². The molecule has 0 radical (unpaired) electrons. The average molecular weight is 316 g/mol. The summed E-state index contributed by atoms with van der Waals surface area (Å²) in [6, 6.07) is 18.1. The molecule has 0 atom stereocenters. The Labute approximate surface area is 142 Å². The highest BCUT2D eigenvalue weighted by Gasteiger charge is 2.44. The van der Waals surface area contributed by atoms with Gasteiger partial charge in [-0.1, -0.05) is 79.4 Å². The largest absolute Gasteiger partial charge is 0.292 e. The molecule has 0 saturated heterocycles. The van der Waals surface area contributed by atoms with Crippen LogP contribution in [0.3, 0.4) is 0 Å². The van der Waals surface area contributed by atoms with Crippen LogP contribution in [-0.2, 0) is 0 Å². The number of rotatable bonds is 4. The summed E-state index contributed by atoms with van der Waals surface area (Å²) in [6.07, 6.45) is 4.10. The first kappa shape index (κ1) is 16.2. The fraction of sp³-hybridized carbons (Fsp3) is 0.273. The van der Waals surface area contributed by atoms with E-state index in [9.17, 15) is 9.59 Å². The summed E-state index contributed by atoms with van der Waals surface area (Å²) >= 11 is 0. The SMILES string of the molecule is O=C(c1ccccc1)C1(C(=O)c2ccccc2)C#CCCCCC1. The fourth-order valence-corrected chi connectivity index (χ4v) is 3.17. The Hall–Kier alpha value is -2.66. The lowest BCUT2D eigenvalue weighted by Crippen LogP contribution is -2.39. The topological polar surface area (TPSA) is 34.1 Å². The van der Waals surface area contributed by atoms with Crippen molar-refractivity contribution in [2.45, 2.75) is 32.1 Å². The molecule has 0 heterocycles. The highest BCUT2D eigenvalue weighted by molar-refractivity contribution is 6.22. The number of Topliss-reactive ketones (excluding diaryl/α,β-unsaturated/α-hetero) is 2. The highest BCUT2D eigenvalue weighted by Crippen LogP contribution is 2.34. The van der Waals surface area contributed by atoms with Gasteiger partial charge in [-0.2, -0.15) is 0 Å². The summed E-state index contributed by atoms with van der Waals surface area (Å²) in [5, 5.41) is 0. The molecule has 0 amide bonds. The van der Waals surface area contributed by atoms with E-state index in [2.05, 4.69) is 11.8 Å². The third-order valence-corrected chi connectivity index (χ3v) is 4.50. The molecule has 0 N–H and O–H groups in total. The number of hydrogen-bond donors (Lipinski definition) is 0. The Morgan fingerprint density at radius 1 is 0.750 bits per heavy atom. The molecule has 0 saturated carbocycles. The predicted octanol–water partition coefficient (Wildman–Crippen LogP) is 4.71. The van der Waals surface area contributed by atoms with Crippen LogP contribution in [0.25, 0.3) is 0 Å². The van der Waals surface area contributed by atoms with Gasteiger partial charge in [-0.15, -0.1) is 5.92 Å². The molecule has 2 heteroatoms. The number of ketones is 2. The summed E-state index contributed by atoms with van der Waals surface area (Å²) in [4.78, 5) is 26.6. The molecule has 0 unspecified atom stereocenters. The Balaban J connectivity index is 2.10. The zero-order chi connectivity index (χ0) is 16.8. The Morgan fingerprint density at radius 2 is 1.29 bits per heavy atom. The number of carbonyl (C=O) groups excluding carboxylic acids is 2. The molecule has 0 spiro atoms. The molecular formula is C22H20O2. The van der Waals surface area contributed by atoms with Crippen molar-refractivity contribution in [2.75, 3.05) is 0 Å². The van der Waals surface area contributed by atoms with E-state index in [0.717, 1.165) is 25.7 Å². The van der Waals surface area contributed by atoms with E-state index in [-0.39, 0.29) is 11.6 Å². The molecule has 2 nitrogen and oxygen atoms in total. The van der Waals surface area contributed by atoms with Crippen molar-refractivity contribution in [2.24, 2.45) is 5.41 Å². The van der Waals surface area contributed by atoms with Crippen molar-refractivity contribution in [3.8, 4) is 11.8 Å². The van der Waals surface area contributed by atoms with Crippen LogP contribution >= 0.6 is 0 Å². The van der Waals surface area contributed by atoms with Crippen molar-refractivity contribution >= 4 is 11.6 Å². The van der Waals surface area contributed by atoms with Gasteiger partial charge in [0.05, 0.1) is 0 Å². The van der Waals surface area contributed by atoms with Crippen LogP contribution in [0.4, 0.5) is 0 Å². The Bertz CT molecular complexity index is 727. The van der Waals surface area contributed by atoms with E-state index in [4.69, 9.17) is 0 Å². The second-order valence-corrected chi connectivity index (χ2v) is 6.16. The molecule has 120 valence electrons. The maximum Gasteiger partial charge on any atom is 0.188 e. The maximum atomic E-state index is 13.3. The van der Waals surface area contributed by atoms with Crippen LogP contribution < -0.4 is 0 Å². The lowest BCUT2D eigenvalue weighted by Gasteiger charge is -2.27. The summed E-state index contributed by atoms with van der Waals surface area (Å²) in [5.74, 6) is 5.82. The van der Waals surface area contributed by atoms with Gasteiger partial charge in [-0.05, 0) is 12.8 Å². The van der Waals surface area contributed by atoms with Gasteiger partial charge in [0.2, 0.25) is 0 Å². The van der Waals surface area contributed by atoms with E-state index < -0.39 is 5.41 Å². The van der Waals surface area contributed by atoms with Crippen LogP contribution in [0.2, 0.25) is 0 Å². The molecule has 0 aliphatic heterocycles. The Kier molecular flexibility index (Phi) is 4.91. The normalized spacial score (nSPS) is 16.2. The summed E-state index contributed by atoms with van der Waals surface area (Å²) < 4.78 is 0. The van der Waals surface area contributed by atoms with Gasteiger partial charge in [0, 0.05) is 17.5 Å². The molecule has 1 aliphatic rings. The second-order valence-electron chi connectivity index (χ2n) is 6.16. The van der Waals surface area contributed by atoms with Crippen molar-refractivity contribution in [3.63, 3.8) is 0 Å². The van der Waals surface area contributed by atoms with E-state index in [1.165, 1.54) is 0 Å². The maximum absolute atomic E-state index is 13.3. The van der Waals surface area contributed by atoms with Gasteiger partial charge >= 0.3 is 0 Å². The molecule has 2 aromatic carbocycles. The molecule has 0 fully saturated rings. The first-order valence-electron chi connectivity index (χ1n) is 8.44. The molecule has 2 aromatic rings. The van der Waals surface area contributed by atoms with Gasteiger partial charge in [0.1, 0.15) is 0 Å². The minimum Gasteiger partial charge on any atom is -0.292 e. The minimum absolute atomic E-state index is 0.175. The predicted molar refractivity (Wildman–Crippen MR) is 94.8 cm³/mol.